The maximum atomic E-state index is 5.97. The molecule has 3 heterocycles. The summed E-state index contributed by atoms with van der Waals surface area (Å²) in [6.45, 7) is 0. The number of nitrogen functional groups attached to an aromatic ring is 2. The van der Waals surface area contributed by atoms with Gasteiger partial charge < -0.3 is 11.5 Å². The quantitative estimate of drug-likeness (QED) is 0.550. The molecule has 0 aliphatic heterocycles. The molecule has 4 N–H and O–H groups in total. The van der Waals surface area contributed by atoms with Gasteiger partial charge in [-0.25, -0.2) is 4.98 Å². The molecular weight excluding hydrogens is 322 g/mol. The van der Waals surface area contributed by atoms with Gasteiger partial charge in [0, 0.05) is 23.8 Å². The average molecular weight is 339 g/mol. The van der Waals surface area contributed by atoms with Crippen molar-refractivity contribution in [3.8, 4) is 33.9 Å². The Bertz CT molecular complexity index is 968. The number of anilines is 2. The van der Waals surface area contributed by atoms with Gasteiger partial charge in [0.2, 0.25) is 0 Å². The maximum absolute atomic E-state index is 5.97. The lowest BCUT2D eigenvalue weighted by atomic mass is 10.0. The van der Waals surface area contributed by atoms with E-state index in [0.717, 1.165) is 33.9 Å². The Morgan fingerprint density at radius 1 is 0.538 bits per heavy atom. The Kier molecular flexibility index (Phi) is 4.03. The lowest BCUT2D eigenvalue weighted by molar-refractivity contribution is 1.22. The van der Waals surface area contributed by atoms with E-state index in [1.165, 1.54) is 0 Å². The number of hydrogen-bond acceptors (Lipinski definition) is 5. The third-order valence-electron chi connectivity index (χ3n) is 3.99. The molecular formula is C21H17N5. The summed E-state index contributed by atoms with van der Waals surface area (Å²) >= 11 is 0. The highest BCUT2D eigenvalue weighted by molar-refractivity contribution is 5.78. The minimum Gasteiger partial charge on any atom is -0.399 e. The first-order valence-electron chi connectivity index (χ1n) is 8.20. The number of pyridine rings is 3. The zero-order valence-electron chi connectivity index (χ0n) is 14.0. The normalized spacial score (nSPS) is 10.6. The zero-order chi connectivity index (χ0) is 17.9. The van der Waals surface area contributed by atoms with Crippen LogP contribution in [0.4, 0.5) is 11.4 Å². The molecule has 0 atom stereocenters. The number of rotatable bonds is 3. The molecule has 5 nitrogen and oxygen atoms in total. The van der Waals surface area contributed by atoms with Crippen LogP contribution in [-0.4, -0.2) is 15.0 Å². The smallest absolute Gasteiger partial charge is 0.0900 e. The van der Waals surface area contributed by atoms with E-state index in [-0.39, 0.29) is 0 Å². The van der Waals surface area contributed by atoms with Crippen LogP contribution in [0.1, 0.15) is 0 Å². The molecule has 0 saturated heterocycles. The van der Waals surface area contributed by atoms with Gasteiger partial charge in [0.15, 0.2) is 0 Å². The van der Waals surface area contributed by atoms with Gasteiger partial charge in [-0.3, -0.25) is 9.97 Å². The van der Waals surface area contributed by atoms with Crippen LogP contribution in [0.3, 0.4) is 0 Å². The summed E-state index contributed by atoms with van der Waals surface area (Å²) in [5, 5.41) is 0. The first-order chi connectivity index (χ1) is 12.7. The van der Waals surface area contributed by atoms with Crippen molar-refractivity contribution in [1.82, 2.24) is 15.0 Å². The van der Waals surface area contributed by atoms with E-state index in [1.807, 2.05) is 60.7 Å². The molecule has 0 amide bonds. The van der Waals surface area contributed by atoms with Crippen molar-refractivity contribution in [3.05, 3.63) is 79.1 Å². The van der Waals surface area contributed by atoms with Crippen molar-refractivity contribution in [1.29, 1.82) is 0 Å². The molecule has 1 aromatic carbocycles. The van der Waals surface area contributed by atoms with E-state index in [0.29, 0.717) is 11.4 Å². The molecule has 0 spiro atoms. The SMILES string of the molecule is Nc1cc(N)cc(-c2cc(-c3ccccn3)nc(-c3ccccn3)c2)c1. The van der Waals surface area contributed by atoms with Crippen molar-refractivity contribution < 1.29 is 0 Å². The highest BCUT2D eigenvalue weighted by Crippen LogP contribution is 2.30. The fraction of sp³-hybridized carbons (Fsp3) is 0. The second kappa shape index (κ2) is 6.64. The monoisotopic (exact) mass is 339 g/mol. The van der Waals surface area contributed by atoms with Crippen LogP contribution in [0, 0.1) is 0 Å². The first-order valence-corrected chi connectivity index (χ1v) is 8.20. The van der Waals surface area contributed by atoms with Gasteiger partial charge in [-0.05, 0) is 65.7 Å². The predicted molar refractivity (Wildman–Crippen MR) is 105 cm³/mol. The van der Waals surface area contributed by atoms with Crippen molar-refractivity contribution in [3.63, 3.8) is 0 Å². The number of nitrogens with two attached hydrogens (primary N) is 2. The summed E-state index contributed by atoms with van der Waals surface area (Å²) in [5.74, 6) is 0. The number of hydrogen-bond donors (Lipinski definition) is 2. The van der Waals surface area contributed by atoms with Gasteiger partial charge in [-0.15, -0.1) is 0 Å². The minimum atomic E-state index is 0.621. The number of nitrogens with zero attached hydrogens (tertiary/aromatic N) is 3. The van der Waals surface area contributed by atoms with E-state index < -0.39 is 0 Å². The summed E-state index contributed by atoms with van der Waals surface area (Å²) < 4.78 is 0. The Hall–Kier alpha value is -3.73. The Labute approximate surface area is 151 Å². The van der Waals surface area contributed by atoms with Crippen LogP contribution in [0.25, 0.3) is 33.9 Å². The lowest BCUT2D eigenvalue weighted by Gasteiger charge is -2.10. The molecule has 26 heavy (non-hydrogen) atoms. The van der Waals surface area contributed by atoms with Crippen molar-refractivity contribution in [2.45, 2.75) is 0 Å². The van der Waals surface area contributed by atoms with Crippen LogP contribution in [0.15, 0.2) is 79.1 Å². The van der Waals surface area contributed by atoms with E-state index in [4.69, 9.17) is 16.5 Å². The maximum Gasteiger partial charge on any atom is 0.0900 e. The molecule has 4 rings (SSSR count). The largest absolute Gasteiger partial charge is 0.399 e. The van der Waals surface area contributed by atoms with Crippen LogP contribution < -0.4 is 11.5 Å². The fourth-order valence-corrected chi connectivity index (χ4v) is 2.83. The van der Waals surface area contributed by atoms with Gasteiger partial charge in [-0.2, -0.15) is 0 Å². The summed E-state index contributed by atoms with van der Waals surface area (Å²) in [5.41, 5.74) is 18.2. The molecule has 3 aromatic heterocycles. The van der Waals surface area contributed by atoms with Crippen LogP contribution in [0.2, 0.25) is 0 Å². The minimum absolute atomic E-state index is 0.621. The number of benzene rings is 1. The Morgan fingerprint density at radius 3 is 1.50 bits per heavy atom. The molecule has 0 bridgehead atoms. The van der Waals surface area contributed by atoms with Crippen molar-refractivity contribution in [2.75, 3.05) is 11.5 Å². The van der Waals surface area contributed by atoms with Crippen molar-refractivity contribution in [2.24, 2.45) is 0 Å². The second-order valence-electron chi connectivity index (χ2n) is 5.94. The van der Waals surface area contributed by atoms with Crippen molar-refractivity contribution >= 4 is 11.4 Å². The Morgan fingerprint density at radius 2 is 1.04 bits per heavy atom. The summed E-state index contributed by atoms with van der Waals surface area (Å²) in [7, 11) is 0. The van der Waals surface area contributed by atoms with Gasteiger partial charge in [0.1, 0.15) is 0 Å². The highest BCUT2D eigenvalue weighted by Gasteiger charge is 2.10. The van der Waals surface area contributed by atoms with Crippen LogP contribution >= 0.6 is 0 Å². The summed E-state index contributed by atoms with van der Waals surface area (Å²) in [6, 6.07) is 21.0. The predicted octanol–water partition coefficient (Wildman–Crippen LogP) is 4.04. The molecule has 0 saturated carbocycles. The second-order valence-corrected chi connectivity index (χ2v) is 5.94. The average Bonchev–Trinajstić information content (AvgIpc) is 2.68. The fourth-order valence-electron chi connectivity index (χ4n) is 2.83. The Balaban J connectivity index is 1.93. The van der Waals surface area contributed by atoms with Crippen LogP contribution in [-0.2, 0) is 0 Å². The van der Waals surface area contributed by atoms with E-state index in [2.05, 4.69) is 9.97 Å². The number of aromatic nitrogens is 3. The lowest BCUT2D eigenvalue weighted by Crippen LogP contribution is -1.95. The van der Waals surface area contributed by atoms with E-state index in [1.54, 1.807) is 18.5 Å². The first kappa shape index (κ1) is 15.8. The molecule has 0 aliphatic rings. The van der Waals surface area contributed by atoms with Crippen LogP contribution in [0.5, 0.6) is 0 Å². The third kappa shape index (κ3) is 3.23. The molecule has 0 unspecified atom stereocenters. The standard InChI is InChI=1S/C21H17N5/c22-16-9-14(10-17(23)13-16)15-11-20(18-5-1-3-7-24-18)26-21(12-15)19-6-2-4-8-25-19/h1-13H,22-23H2. The molecule has 126 valence electrons. The van der Waals surface area contributed by atoms with E-state index >= 15 is 0 Å². The molecule has 5 heteroatoms. The van der Waals surface area contributed by atoms with Gasteiger partial charge in [-0.1, -0.05) is 12.1 Å². The van der Waals surface area contributed by atoms with Gasteiger partial charge in [0.25, 0.3) is 0 Å². The molecule has 0 aliphatic carbocycles. The molecule has 0 fully saturated rings. The molecule has 4 aromatic rings. The molecule has 0 radical (unpaired) electrons. The summed E-state index contributed by atoms with van der Waals surface area (Å²) in [6.07, 6.45) is 3.51. The van der Waals surface area contributed by atoms with E-state index in [9.17, 15) is 0 Å². The topological polar surface area (TPSA) is 90.7 Å². The van der Waals surface area contributed by atoms with Gasteiger partial charge >= 0.3 is 0 Å². The highest BCUT2D eigenvalue weighted by atomic mass is 14.8. The summed E-state index contributed by atoms with van der Waals surface area (Å²) in [4.78, 5) is 13.6. The van der Waals surface area contributed by atoms with Gasteiger partial charge in [0.05, 0.1) is 22.8 Å². The third-order valence-corrected chi connectivity index (χ3v) is 3.99. The zero-order valence-corrected chi connectivity index (χ0v) is 14.0.